The topological polar surface area (TPSA) is 48.9 Å². The molecule has 0 aromatic rings. The second-order valence-corrected chi connectivity index (χ2v) is 8.47. The molecule has 2 saturated carbocycles. The highest BCUT2D eigenvalue weighted by Gasteiger charge is 2.58. The molecule has 2 aliphatic carbocycles. The molecule has 130 valence electrons. The largest absolute Gasteiger partial charge is 0.377 e. The predicted molar refractivity (Wildman–Crippen MR) is 92.7 cm³/mol. The van der Waals surface area contributed by atoms with Gasteiger partial charge in [-0.1, -0.05) is 13.8 Å². The lowest BCUT2D eigenvalue weighted by molar-refractivity contribution is -0.188. The van der Waals surface area contributed by atoms with Crippen molar-refractivity contribution in [3.63, 3.8) is 0 Å². The lowest BCUT2D eigenvalue weighted by Crippen LogP contribution is -2.71. The first kappa shape index (κ1) is 15.7. The highest BCUT2D eigenvalue weighted by Crippen LogP contribution is 2.51. The zero-order valence-corrected chi connectivity index (χ0v) is 14.8. The van der Waals surface area contributed by atoms with Crippen LogP contribution in [0, 0.1) is 11.3 Å². The van der Waals surface area contributed by atoms with Crippen molar-refractivity contribution in [2.75, 3.05) is 26.7 Å². The van der Waals surface area contributed by atoms with E-state index in [1.54, 1.807) is 0 Å². The summed E-state index contributed by atoms with van der Waals surface area (Å²) in [5.41, 5.74) is 0.193. The number of guanidine groups is 1. The van der Waals surface area contributed by atoms with Gasteiger partial charge in [0, 0.05) is 56.2 Å². The molecule has 2 aliphatic heterocycles. The molecule has 4 fully saturated rings. The molecule has 2 heterocycles. The predicted octanol–water partition coefficient (Wildman–Crippen LogP) is 1.59. The van der Waals surface area contributed by atoms with E-state index in [9.17, 15) is 0 Å². The van der Waals surface area contributed by atoms with Crippen LogP contribution in [0.25, 0.3) is 0 Å². The average Bonchev–Trinajstić information content (AvgIpc) is 3.31. The molecular formula is C18H32N4O. The third kappa shape index (κ3) is 2.86. The van der Waals surface area contributed by atoms with Gasteiger partial charge < -0.3 is 15.4 Å². The molecule has 0 amide bonds. The van der Waals surface area contributed by atoms with Crippen molar-refractivity contribution >= 4 is 5.96 Å². The Labute approximate surface area is 140 Å². The number of nitrogens with one attached hydrogen (secondary N) is 2. The Hall–Kier alpha value is -0.810. The summed E-state index contributed by atoms with van der Waals surface area (Å²) >= 11 is 0. The molecule has 5 nitrogen and oxygen atoms in total. The molecule has 23 heavy (non-hydrogen) atoms. The maximum Gasteiger partial charge on any atom is 0.191 e. The fourth-order valence-corrected chi connectivity index (χ4v) is 5.00. The zero-order valence-electron chi connectivity index (χ0n) is 14.8. The normalized spacial score (nSPS) is 40.4. The molecule has 2 N–H and O–H groups in total. The van der Waals surface area contributed by atoms with Gasteiger partial charge in [0.1, 0.15) is 0 Å². The number of nitrogens with zero attached hydrogens (tertiary/aromatic N) is 2. The van der Waals surface area contributed by atoms with Crippen molar-refractivity contribution in [2.45, 2.75) is 70.2 Å². The third-order valence-electron chi connectivity index (χ3n) is 6.47. The quantitative estimate of drug-likeness (QED) is 0.612. The van der Waals surface area contributed by atoms with E-state index < -0.39 is 0 Å². The van der Waals surface area contributed by atoms with Gasteiger partial charge in [0.25, 0.3) is 0 Å². The standard InChI is InChI=1S/C18H32N4O/c1-18(2)15(14-5-4-10-23-16(14)18)21-17(19-3)20-12-8-9-22(11-12)13-6-7-13/h12-16H,4-11H2,1-3H3,(H2,19,20,21). The van der Waals surface area contributed by atoms with Gasteiger partial charge in [-0.25, -0.2) is 0 Å². The van der Waals surface area contributed by atoms with Crippen molar-refractivity contribution in [3.05, 3.63) is 0 Å². The van der Waals surface area contributed by atoms with E-state index in [0.717, 1.165) is 18.6 Å². The van der Waals surface area contributed by atoms with Crippen LogP contribution in [0.5, 0.6) is 0 Å². The fourth-order valence-electron chi connectivity index (χ4n) is 5.00. The smallest absolute Gasteiger partial charge is 0.191 e. The molecule has 0 radical (unpaired) electrons. The molecule has 4 rings (SSSR count). The maximum absolute atomic E-state index is 6.01. The lowest BCUT2D eigenvalue weighted by atomic mass is 9.55. The highest BCUT2D eigenvalue weighted by atomic mass is 16.5. The van der Waals surface area contributed by atoms with Crippen LogP contribution in [0.15, 0.2) is 4.99 Å². The lowest BCUT2D eigenvalue weighted by Gasteiger charge is -2.60. The van der Waals surface area contributed by atoms with E-state index in [-0.39, 0.29) is 5.41 Å². The van der Waals surface area contributed by atoms with Crippen molar-refractivity contribution in [2.24, 2.45) is 16.3 Å². The zero-order chi connectivity index (χ0) is 16.0. The van der Waals surface area contributed by atoms with Crippen LogP contribution in [-0.2, 0) is 4.74 Å². The van der Waals surface area contributed by atoms with Crippen LogP contribution >= 0.6 is 0 Å². The van der Waals surface area contributed by atoms with Crippen LogP contribution in [0.1, 0.15) is 46.0 Å². The Kier molecular flexibility index (Phi) is 4.04. The van der Waals surface area contributed by atoms with Crippen molar-refractivity contribution in [1.82, 2.24) is 15.5 Å². The molecule has 0 aromatic carbocycles. The first-order chi connectivity index (χ1) is 11.1. The second kappa shape index (κ2) is 5.92. The second-order valence-electron chi connectivity index (χ2n) is 8.47. The van der Waals surface area contributed by atoms with Crippen molar-refractivity contribution in [3.8, 4) is 0 Å². The molecule has 0 spiro atoms. The minimum atomic E-state index is 0.193. The number of rotatable bonds is 3. The number of aliphatic imine (C=N–C) groups is 1. The highest BCUT2D eigenvalue weighted by molar-refractivity contribution is 5.80. The number of likely N-dealkylation sites (tertiary alicyclic amines) is 1. The van der Waals surface area contributed by atoms with Crippen LogP contribution in [-0.4, -0.2) is 61.8 Å². The van der Waals surface area contributed by atoms with Crippen molar-refractivity contribution in [1.29, 1.82) is 0 Å². The minimum Gasteiger partial charge on any atom is -0.377 e. The Morgan fingerprint density at radius 3 is 2.74 bits per heavy atom. The summed E-state index contributed by atoms with van der Waals surface area (Å²) in [7, 11) is 1.89. The van der Waals surface area contributed by atoms with Gasteiger partial charge in [-0.2, -0.15) is 0 Å². The summed E-state index contributed by atoms with van der Waals surface area (Å²) in [6.45, 7) is 8.01. The summed E-state index contributed by atoms with van der Waals surface area (Å²) in [4.78, 5) is 7.14. The maximum atomic E-state index is 6.01. The fraction of sp³-hybridized carbons (Fsp3) is 0.944. The first-order valence-electron chi connectivity index (χ1n) is 9.45. The van der Waals surface area contributed by atoms with Crippen LogP contribution in [0.3, 0.4) is 0 Å². The van der Waals surface area contributed by atoms with Crippen LogP contribution in [0.4, 0.5) is 0 Å². The van der Waals surface area contributed by atoms with Gasteiger partial charge in [0.05, 0.1) is 6.10 Å². The van der Waals surface area contributed by atoms with Crippen molar-refractivity contribution < 1.29 is 4.74 Å². The van der Waals surface area contributed by atoms with E-state index >= 15 is 0 Å². The van der Waals surface area contributed by atoms with Gasteiger partial charge in [-0.15, -0.1) is 0 Å². The van der Waals surface area contributed by atoms with Gasteiger partial charge in [0.2, 0.25) is 0 Å². The van der Waals surface area contributed by atoms with Crippen LogP contribution in [0.2, 0.25) is 0 Å². The summed E-state index contributed by atoms with van der Waals surface area (Å²) < 4.78 is 6.01. The Balaban J connectivity index is 1.33. The molecule has 4 atom stereocenters. The number of hydrogen-bond donors (Lipinski definition) is 2. The molecule has 4 aliphatic rings. The Morgan fingerprint density at radius 1 is 1.17 bits per heavy atom. The van der Waals surface area contributed by atoms with Gasteiger partial charge in [0.15, 0.2) is 5.96 Å². The van der Waals surface area contributed by atoms with Crippen LogP contribution < -0.4 is 10.6 Å². The molecule has 2 saturated heterocycles. The SMILES string of the molecule is CN=C(NC1CCN(C2CC2)C1)NC1C2CCCOC2C1(C)C. The Morgan fingerprint density at radius 2 is 2.00 bits per heavy atom. The minimum absolute atomic E-state index is 0.193. The average molecular weight is 320 g/mol. The molecule has 5 heteroatoms. The number of fused-ring (bicyclic) bond motifs is 1. The summed E-state index contributed by atoms with van der Waals surface area (Å²) in [5, 5.41) is 7.39. The van der Waals surface area contributed by atoms with Gasteiger partial charge in [-0.05, 0) is 32.1 Å². The first-order valence-corrected chi connectivity index (χ1v) is 9.45. The van der Waals surface area contributed by atoms with E-state index in [4.69, 9.17) is 4.74 Å². The monoisotopic (exact) mass is 320 g/mol. The number of ether oxygens (including phenoxy) is 1. The molecule has 4 unspecified atom stereocenters. The summed E-state index contributed by atoms with van der Waals surface area (Å²) in [5.74, 6) is 1.62. The van der Waals surface area contributed by atoms with E-state index in [2.05, 4.69) is 34.4 Å². The third-order valence-corrected chi connectivity index (χ3v) is 6.47. The van der Waals surface area contributed by atoms with Gasteiger partial charge in [-0.3, -0.25) is 9.89 Å². The molecule has 0 aromatic heterocycles. The molecular weight excluding hydrogens is 288 g/mol. The Bertz CT molecular complexity index is 474. The number of hydrogen-bond acceptors (Lipinski definition) is 3. The summed E-state index contributed by atoms with van der Waals surface area (Å²) in [6.07, 6.45) is 6.93. The van der Waals surface area contributed by atoms with Gasteiger partial charge >= 0.3 is 0 Å². The molecule has 0 bridgehead atoms. The van der Waals surface area contributed by atoms with E-state index in [1.165, 1.54) is 45.2 Å². The van der Waals surface area contributed by atoms with E-state index in [0.29, 0.717) is 24.1 Å². The summed E-state index contributed by atoms with van der Waals surface area (Å²) in [6, 6.07) is 1.89. The van der Waals surface area contributed by atoms with E-state index in [1.807, 2.05) is 7.05 Å².